The zero-order valence-electron chi connectivity index (χ0n) is 13.4. The number of rotatable bonds is 5. The first kappa shape index (κ1) is 17.9. The fourth-order valence-electron chi connectivity index (χ4n) is 2.07. The van der Waals surface area contributed by atoms with E-state index in [1.54, 1.807) is 6.92 Å². The number of aryl methyl sites for hydroxylation is 1. The normalized spacial score (nSPS) is 11.2. The molecule has 0 aliphatic heterocycles. The first-order chi connectivity index (χ1) is 11.3. The maximum Gasteiger partial charge on any atom is 0.255 e. The molecule has 0 radical (unpaired) electrons. The molecule has 6 nitrogen and oxygen atoms in total. The topological polar surface area (TPSA) is 84.5 Å². The van der Waals surface area contributed by atoms with Crippen molar-refractivity contribution < 1.29 is 22.3 Å². The largest absolute Gasteiger partial charge is 0.494 e. The smallest absolute Gasteiger partial charge is 0.255 e. The predicted molar refractivity (Wildman–Crippen MR) is 88.3 cm³/mol. The minimum Gasteiger partial charge on any atom is -0.494 e. The van der Waals surface area contributed by atoms with Crippen LogP contribution in [0.2, 0.25) is 0 Å². The van der Waals surface area contributed by atoms with Crippen molar-refractivity contribution in [1.82, 2.24) is 4.72 Å². The van der Waals surface area contributed by atoms with Crippen LogP contribution in [0.15, 0.2) is 41.3 Å². The van der Waals surface area contributed by atoms with Gasteiger partial charge in [0.25, 0.3) is 5.91 Å². The Morgan fingerprint density at radius 2 is 1.88 bits per heavy atom. The van der Waals surface area contributed by atoms with Crippen molar-refractivity contribution in [3.8, 4) is 5.75 Å². The highest BCUT2D eigenvalue weighted by Crippen LogP contribution is 2.22. The number of carbonyl (C=O) groups is 1. The van der Waals surface area contributed by atoms with Gasteiger partial charge in [-0.25, -0.2) is 17.5 Å². The Hall–Kier alpha value is -2.45. The third kappa shape index (κ3) is 3.72. The molecule has 0 heterocycles. The minimum atomic E-state index is -3.67. The number of amides is 1. The molecular weight excluding hydrogens is 335 g/mol. The quantitative estimate of drug-likeness (QED) is 0.865. The van der Waals surface area contributed by atoms with Gasteiger partial charge in [0.2, 0.25) is 10.0 Å². The Morgan fingerprint density at radius 3 is 2.46 bits per heavy atom. The van der Waals surface area contributed by atoms with Crippen molar-refractivity contribution in [2.45, 2.75) is 11.8 Å². The van der Waals surface area contributed by atoms with E-state index in [1.807, 2.05) is 0 Å². The van der Waals surface area contributed by atoms with E-state index in [0.29, 0.717) is 5.56 Å². The number of nitrogens with one attached hydrogen (secondary N) is 2. The van der Waals surface area contributed by atoms with E-state index < -0.39 is 21.7 Å². The first-order valence-corrected chi connectivity index (χ1v) is 8.46. The van der Waals surface area contributed by atoms with Crippen LogP contribution in [0.3, 0.4) is 0 Å². The van der Waals surface area contributed by atoms with E-state index >= 15 is 0 Å². The molecule has 2 N–H and O–H groups in total. The van der Waals surface area contributed by atoms with Gasteiger partial charge in [0.1, 0.15) is 0 Å². The fraction of sp³-hybridized carbons (Fsp3) is 0.188. The van der Waals surface area contributed by atoms with Crippen molar-refractivity contribution in [1.29, 1.82) is 0 Å². The molecule has 0 atom stereocenters. The highest BCUT2D eigenvalue weighted by atomic mass is 32.2. The maximum absolute atomic E-state index is 13.7. The van der Waals surface area contributed by atoms with Crippen LogP contribution in [0, 0.1) is 12.7 Å². The molecule has 2 rings (SSSR count). The summed E-state index contributed by atoms with van der Waals surface area (Å²) in [4.78, 5) is 12.4. The van der Waals surface area contributed by atoms with Crippen molar-refractivity contribution in [2.24, 2.45) is 0 Å². The van der Waals surface area contributed by atoms with E-state index in [2.05, 4.69) is 10.0 Å². The highest BCUT2D eigenvalue weighted by Gasteiger charge is 2.17. The van der Waals surface area contributed by atoms with E-state index in [1.165, 1.54) is 44.5 Å². The van der Waals surface area contributed by atoms with Crippen LogP contribution in [-0.2, 0) is 10.0 Å². The van der Waals surface area contributed by atoms with Crippen molar-refractivity contribution in [2.75, 3.05) is 19.5 Å². The molecule has 0 saturated heterocycles. The molecule has 1 amide bonds. The molecule has 24 heavy (non-hydrogen) atoms. The molecular formula is C16H17FN2O4S. The van der Waals surface area contributed by atoms with Gasteiger partial charge in [-0.15, -0.1) is 0 Å². The number of sulfonamides is 1. The molecule has 0 saturated carbocycles. The zero-order chi connectivity index (χ0) is 17.9. The molecule has 0 aliphatic rings. The number of hydrogen-bond acceptors (Lipinski definition) is 4. The van der Waals surface area contributed by atoms with E-state index in [-0.39, 0.29) is 21.9 Å². The number of hydrogen-bond donors (Lipinski definition) is 2. The molecule has 2 aromatic rings. The van der Waals surface area contributed by atoms with Crippen LogP contribution >= 0.6 is 0 Å². The summed E-state index contributed by atoms with van der Waals surface area (Å²) in [6.45, 7) is 1.68. The van der Waals surface area contributed by atoms with Gasteiger partial charge in [-0.1, -0.05) is 6.07 Å². The van der Waals surface area contributed by atoms with Crippen LogP contribution < -0.4 is 14.8 Å². The second-order valence-corrected chi connectivity index (χ2v) is 6.87. The van der Waals surface area contributed by atoms with Crippen LogP contribution in [0.25, 0.3) is 0 Å². The van der Waals surface area contributed by atoms with Crippen molar-refractivity contribution in [3.05, 3.63) is 53.3 Å². The molecule has 0 aliphatic carbocycles. The number of anilines is 1. The third-order valence-corrected chi connectivity index (χ3v) is 4.85. The highest BCUT2D eigenvalue weighted by molar-refractivity contribution is 7.89. The lowest BCUT2D eigenvalue weighted by Crippen LogP contribution is -2.20. The number of methoxy groups -OCH3 is 1. The number of carbonyl (C=O) groups excluding carboxylic acids is 1. The van der Waals surface area contributed by atoms with Gasteiger partial charge < -0.3 is 10.1 Å². The fourth-order valence-corrected chi connectivity index (χ4v) is 2.83. The lowest BCUT2D eigenvalue weighted by Gasteiger charge is -2.11. The van der Waals surface area contributed by atoms with Crippen LogP contribution in [0.1, 0.15) is 15.9 Å². The van der Waals surface area contributed by atoms with Gasteiger partial charge in [-0.05, 0) is 43.8 Å². The van der Waals surface area contributed by atoms with Gasteiger partial charge >= 0.3 is 0 Å². The summed E-state index contributed by atoms with van der Waals surface area (Å²) in [5.41, 5.74) is 1.01. The summed E-state index contributed by atoms with van der Waals surface area (Å²) < 4.78 is 44.4. The SMILES string of the molecule is CNS(=O)(=O)c1ccc(C)c(C(=O)Nc2ccc(OC)c(F)c2)c1. The van der Waals surface area contributed by atoms with Crippen molar-refractivity contribution >= 4 is 21.6 Å². The molecule has 0 unspecified atom stereocenters. The van der Waals surface area contributed by atoms with E-state index in [9.17, 15) is 17.6 Å². The summed E-state index contributed by atoms with van der Waals surface area (Å²) >= 11 is 0. The van der Waals surface area contributed by atoms with Gasteiger partial charge in [-0.3, -0.25) is 4.79 Å². The Labute approximate surface area is 139 Å². The summed E-state index contributed by atoms with van der Waals surface area (Å²) in [6, 6.07) is 8.22. The Morgan fingerprint density at radius 1 is 1.17 bits per heavy atom. The molecule has 0 fully saturated rings. The maximum atomic E-state index is 13.7. The third-order valence-electron chi connectivity index (χ3n) is 3.44. The van der Waals surface area contributed by atoms with Gasteiger partial charge in [-0.2, -0.15) is 0 Å². The molecule has 0 spiro atoms. The Balaban J connectivity index is 2.33. The van der Waals surface area contributed by atoms with E-state index in [0.717, 1.165) is 6.07 Å². The zero-order valence-corrected chi connectivity index (χ0v) is 14.2. The van der Waals surface area contributed by atoms with Gasteiger partial charge in [0.15, 0.2) is 11.6 Å². The average molecular weight is 352 g/mol. The van der Waals surface area contributed by atoms with Gasteiger partial charge in [0.05, 0.1) is 12.0 Å². The summed E-state index contributed by atoms with van der Waals surface area (Å²) in [7, 11) is -1.04. The monoisotopic (exact) mass is 352 g/mol. The predicted octanol–water partition coefficient (Wildman–Crippen LogP) is 2.30. The summed E-state index contributed by atoms with van der Waals surface area (Å²) in [6.07, 6.45) is 0. The average Bonchev–Trinajstić information content (AvgIpc) is 2.55. The van der Waals surface area contributed by atoms with Crippen LogP contribution in [0.4, 0.5) is 10.1 Å². The molecule has 2 aromatic carbocycles. The van der Waals surface area contributed by atoms with E-state index in [4.69, 9.17) is 4.74 Å². The standard InChI is InChI=1S/C16H17FN2O4S/c1-10-4-6-12(24(21,22)18-2)9-13(10)16(20)19-11-5-7-15(23-3)14(17)8-11/h4-9,18H,1-3H3,(H,19,20). The second-order valence-electron chi connectivity index (χ2n) is 4.99. The second kappa shape index (κ2) is 6.98. The van der Waals surface area contributed by atoms with Crippen LogP contribution in [-0.4, -0.2) is 28.5 Å². The number of ether oxygens (including phenoxy) is 1. The number of benzene rings is 2. The summed E-state index contributed by atoms with van der Waals surface area (Å²) in [5.74, 6) is -1.09. The summed E-state index contributed by atoms with van der Waals surface area (Å²) in [5, 5.41) is 2.54. The Kier molecular flexibility index (Phi) is 5.20. The lowest BCUT2D eigenvalue weighted by atomic mass is 10.1. The number of halogens is 1. The molecule has 0 bridgehead atoms. The van der Waals surface area contributed by atoms with Gasteiger partial charge in [0, 0.05) is 17.3 Å². The first-order valence-electron chi connectivity index (χ1n) is 6.97. The molecule has 8 heteroatoms. The molecule has 0 aromatic heterocycles. The minimum absolute atomic E-state index is 0.0262. The lowest BCUT2D eigenvalue weighted by molar-refractivity contribution is 0.102. The van der Waals surface area contributed by atoms with Crippen LogP contribution in [0.5, 0.6) is 5.75 Å². The molecule has 128 valence electrons. The van der Waals surface area contributed by atoms with Crippen molar-refractivity contribution in [3.63, 3.8) is 0 Å². The Bertz CT molecular complexity index is 882.